The molecule has 5 nitrogen and oxygen atoms in total. The highest BCUT2D eigenvalue weighted by Crippen LogP contribution is 2.35. The van der Waals surface area contributed by atoms with Crippen LogP contribution in [-0.4, -0.2) is 51.2 Å². The van der Waals surface area contributed by atoms with Gasteiger partial charge in [-0.1, -0.05) is 25.3 Å². The van der Waals surface area contributed by atoms with E-state index in [1.165, 1.54) is 32.1 Å². The van der Waals surface area contributed by atoms with Gasteiger partial charge in [0.25, 0.3) is 0 Å². The summed E-state index contributed by atoms with van der Waals surface area (Å²) < 4.78 is 10.6. The lowest BCUT2D eigenvalue weighted by Crippen LogP contribution is -2.46. The van der Waals surface area contributed by atoms with Gasteiger partial charge in [0.1, 0.15) is 0 Å². The molecule has 0 unspecified atom stereocenters. The second-order valence-electron chi connectivity index (χ2n) is 7.62. The molecule has 1 N–H and O–H groups in total. The number of nitrogens with zero attached hydrogens (tertiary/aromatic N) is 1. The minimum atomic E-state index is 0.139. The molecule has 2 aliphatic rings. The summed E-state index contributed by atoms with van der Waals surface area (Å²) >= 11 is 0. The molecule has 1 saturated heterocycles. The van der Waals surface area contributed by atoms with E-state index in [1.54, 1.807) is 14.2 Å². The van der Waals surface area contributed by atoms with Crippen molar-refractivity contribution >= 4 is 5.91 Å². The molecule has 0 bridgehead atoms. The molecule has 0 aromatic heterocycles. The van der Waals surface area contributed by atoms with Crippen LogP contribution in [0, 0.1) is 11.8 Å². The smallest absolute Gasteiger partial charge is 0.234 e. The highest BCUT2D eigenvalue weighted by Gasteiger charge is 2.31. The van der Waals surface area contributed by atoms with Gasteiger partial charge in [0.2, 0.25) is 5.91 Å². The van der Waals surface area contributed by atoms with E-state index in [2.05, 4.69) is 10.2 Å². The first kappa shape index (κ1) is 19.0. The topological polar surface area (TPSA) is 50.8 Å². The van der Waals surface area contributed by atoms with Gasteiger partial charge in [0.15, 0.2) is 11.5 Å². The maximum atomic E-state index is 12.3. The molecule has 26 heavy (non-hydrogen) atoms. The second-order valence-corrected chi connectivity index (χ2v) is 7.62. The van der Waals surface area contributed by atoms with Crippen LogP contribution in [0.2, 0.25) is 0 Å². The number of fused-ring (bicyclic) bond motifs is 1. The Morgan fingerprint density at radius 2 is 1.88 bits per heavy atom. The van der Waals surface area contributed by atoms with Gasteiger partial charge in [0.05, 0.1) is 20.8 Å². The van der Waals surface area contributed by atoms with Crippen LogP contribution in [0.3, 0.4) is 0 Å². The molecule has 1 heterocycles. The van der Waals surface area contributed by atoms with Crippen LogP contribution < -0.4 is 14.8 Å². The number of rotatable bonds is 7. The van der Waals surface area contributed by atoms with E-state index in [-0.39, 0.29) is 5.91 Å². The van der Waals surface area contributed by atoms with Crippen LogP contribution in [0.4, 0.5) is 0 Å². The Labute approximate surface area is 157 Å². The molecule has 2 fully saturated rings. The molecular weight excluding hydrogens is 328 g/mol. The van der Waals surface area contributed by atoms with Crippen molar-refractivity contribution in [2.75, 3.05) is 40.4 Å². The number of carbonyl (C=O) groups excluding carboxylic acids is 1. The Balaban J connectivity index is 1.40. The van der Waals surface area contributed by atoms with Crippen molar-refractivity contribution in [2.24, 2.45) is 11.8 Å². The summed E-state index contributed by atoms with van der Waals surface area (Å²) in [6.07, 6.45) is 7.57. The summed E-state index contributed by atoms with van der Waals surface area (Å²) in [5.41, 5.74) is 1.13. The Bertz CT molecular complexity index is 605. The summed E-state index contributed by atoms with van der Waals surface area (Å²) in [6, 6.07) is 5.89. The molecule has 1 aromatic carbocycles. The van der Waals surface area contributed by atoms with Gasteiger partial charge in [-0.2, -0.15) is 0 Å². The van der Waals surface area contributed by atoms with Gasteiger partial charge in [-0.15, -0.1) is 0 Å². The molecule has 3 rings (SSSR count). The summed E-state index contributed by atoms with van der Waals surface area (Å²) in [5.74, 6) is 3.32. The first-order valence-electron chi connectivity index (χ1n) is 9.89. The zero-order valence-corrected chi connectivity index (χ0v) is 16.1. The highest BCUT2D eigenvalue weighted by atomic mass is 16.5. The number of likely N-dealkylation sites (tertiary alicyclic amines) is 1. The fourth-order valence-electron chi connectivity index (χ4n) is 4.46. The van der Waals surface area contributed by atoms with E-state index < -0.39 is 0 Å². The normalized spacial score (nSPS) is 23.2. The predicted molar refractivity (Wildman–Crippen MR) is 103 cm³/mol. The molecular formula is C21H32N2O3. The number of benzene rings is 1. The fraction of sp³-hybridized carbons (Fsp3) is 0.667. The number of carbonyl (C=O) groups is 1. The van der Waals surface area contributed by atoms with E-state index in [9.17, 15) is 4.79 Å². The standard InChI is InChI=1S/C21H32N2O3/c1-25-19-8-7-16(13-20(19)26-2)9-11-22-21(24)15-23-12-10-17-5-3-4-6-18(17)14-23/h7-8,13,17-18H,3-6,9-12,14-15H2,1-2H3,(H,22,24)/t17-,18+/m1/s1. The zero-order valence-electron chi connectivity index (χ0n) is 16.1. The zero-order chi connectivity index (χ0) is 18.4. The number of piperidine rings is 1. The van der Waals surface area contributed by atoms with Crippen LogP contribution in [-0.2, 0) is 11.2 Å². The van der Waals surface area contributed by atoms with Crippen molar-refractivity contribution < 1.29 is 14.3 Å². The highest BCUT2D eigenvalue weighted by molar-refractivity contribution is 5.78. The Morgan fingerprint density at radius 3 is 2.65 bits per heavy atom. The van der Waals surface area contributed by atoms with E-state index >= 15 is 0 Å². The van der Waals surface area contributed by atoms with Crippen molar-refractivity contribution in [3.05, 3.63) is 23.8 Å². The molecule has 1 saturated carbocycles. The number of nitrogens with one attached hydrogen (secondary N) is 1. The van der Waals surface area contributed by atoms with Crippen molar-refractivity contribution in [3.63, 3.8) is 0 Å². The third-order valence-electron chi connectivity index (χ3n) is 5.93. The van der Waals surface area contributed by atoms with Crippen LogP contribution in [0.25, 0.3) is 0 Å². The number of hydrogen-bond acceptors (Lipinski definition) is 4. The summed E-state index contributed by atoms with van der Waals surface area (Å²) in [7, 11) is 3.27. The van der Waals surface area contributed by atoms with Gasteiger partial charge >= 0.3 is 0 Å². The Kier molecular flexibility index (Phi) is 6.78. The average molecular weight is 360 g/mol. The minimum absolute atomic E-state index is 0.139. The molecule has 144 valence electrons. The van der Waals surface area contributed by atoms with Crippen molar-refractivity contribution in [3.8, 4) is 11.5 Å². The minimum Gasteiger partial charge on any atom is -0.493 e. The van der Waals surface area contributed by atoms with E-state index in [4.69, 9.17) is 9.47 Å². The lowest BCUT2D eigenvalue weighted by atomic mass is 9.75. The predicted octanol–water partition coefficient (Wildman–Crippen LogP) is 2.87. The monoisotopic (exact) mass is 360 g/mol. The maximum absolute atomic E-state index is 12.3. The van der Waals surface area contributed by atoms with Crippen molar-refractivity contribution in [1.82, 2.24) is 10.2 Å². The number of methoxy groups -OCH3 is 2. The van der Waals surface area contributed by atoms with Crippen molar-refractivity contribution in [2.45, 2.75) is 38.5 Å². The van der Waals surface area contributed by atoms with E-state index in [0.29, 0.717) is 13.1 Å². The molecule has 0 radical (unpaired) electrons. The van der Waals surface area contributed by atoms with Gasteiger partial charge in [0, 0.05) is 13.1 Å². The van der Waals surface area contributed by atoms with E-state index in [1.807, 2.05) is 18.2 Å². The van der Waals surface area contributed by atoms with Crippen LogP contribution in [0.15, 0.2) is 18.2 Å². The summed E-state index contributed by atoms with van der Waals surface area (Å²) in [6.45, 7) is 3.36. The Hall–Kier alpha value is -1.75. The van der Waals surface area contributed by atoms with Crippen molar-refractivity contribution in [1.29, 1.82) is 0 Å². The van der Waals surface area contributed by atoms with Gasteiger partial charge in [-0.05, 0) is 55.3 Å². The maximum Gasteiger partial charge on any atom is 0.234 e. The molecule has 2 atom stereocenters. The van der Waals surface area contributed by atoms with Crippen LogP contribution in [0.1, 0.15) is 37.7 Å². The fourth-order valence-corrected chi connectivity index (χ4v) is 4.46. The third kappa shape index (κ3) is 4.91. The number of ether oxygens (including phenoxy) is 2. The summed E-state index contributed by atoms with van der Waals surface area (Å²) in [4.78, 5) is 14.6. The first-order chi connectivity index (χ1) is 12.7. The lowest BCUT2D eigenvalue weighted by Gasteiger charge is -2.41. The number of hydrogen-bond donors (Lipinski definition) is 1. The number of amides is 1. The van der Waals surface area contributed by atoms with E-state index in [0.717, 1.165) is 48.4 Å². The second kappa shape index (κ2) is 9.26. The van der Waals surface area contributed by atoms with Crippen LogP contribution >= 0.6 is 0 Å². The molecule has 1 amide bonds. The molecule has 1 aliphatic carbocycles. The van der Waals surface area contributed by atoms with Gasteiger partial charge < -0.3 is 14.8 Å². The molecule has 0 spiro atoms. The lowest BCUT2D eigenvalue weighted by molar-refractivity contribution is -0.123. The summed E-state index contributed by atoms with van der Waals surface area (Å²) in [5, 5.41) is 3.06. The average Bonchev–Trinajstić information content (AvgIpc) is 2.67. The SMILES string of the molecule is COc1ccc(CCNC(=O)CN2CC[C@H]3CCCC[C@H]3C2)cc1OC. The molecule has 1 aromatic rings. The quantitative estimate of drug-likeness (QED) is 0.812. The van der Waals surface area contributed by atoms with Gasteiger partial charge in [-0.3, -0.25) is 9.69 Å². The molecule has 1 aliphatic heterocycles. The largest absolute Gasteiger partial charge is 0.493 e. The first-order valence-corrected chi connectivity index (χ1v) is 9.89. The van der Waals surface area contributed by atoms with Gasteiger partial charge in [-0.25, -0.2) is 0 Å². The third-order valence-corrected chi connectivity index (χ3v) is 5.93. The molecule has 5 heteroatoms. The Morgan fingerprint density at radius 1 is 1.12 bits per heavy atom. The van der Waals surface area contributed by atoms with Crippen LogP contribution in [0.5, 0.6) is 11.5 Å².